The highest BCUT2D eigenvalue weighted by molar-refractivity contribution is 6.31. The number of esters is 1. The molecule has 0 radical (unpaired) electrons. The first-order chi connectivity index (χ1) is 4.48. The fourth-order valence-electron chi connectivity index (χ4n) is 0.197. The number of alkyl halides is 3. The van der Waals surface area contributed by atoms with Gasteiger partial charge in [-0.25, -0.2) is 4.79 Å². The summed E-state index contributed by atoms with van der Waals surface area (Å²) < 4.78 is 27.2. The molecule has 0 unspecified atom stereocenters. The van der Waals surface area contributed by atoms with E-state index in [-0.39, 0.29) is 0 Å². The lowest BCUT2D eigenvalue weighted by atomic mass is 10.7. The van der Waals surface area contributed by atoms with Gasteiger partial charge in [0.1, 0.15) is 0 Å². The zero-order valence-corrected chi connectivity index (χ0v) is 5.86. The maximum absolute atomic E-state index is 11.7. The minimum atomic E-state index is -3.93. The fourth-order valence-corrected chi connectivity index (χ4v) is 0.241. The summed E-state index contributed by atoms with van der Waals surface area (Å²) in [7, 11) is 0. The molecule has 58 valence electrons. The summed E-state index contributed by atoms with van der Waals surface area (Å²) in [5.41, 5.74) is 0. The number of carbonyl (C=O) groups is 1. The van der Waals surface area contributed by atoms with Crippen molar-refractivity contribution in [3.8, 4) is 0 Å². The summed E-state index contributed by atoms with van der Waals surface area (Å²) in [6, 6.07) is 0. The molecule has 0 amide bonds. The van der Waals surface area contributed by atoms with Crippen LogP contribution in [0.2, 0.25) is 0 Å². The Morgan fingerprint density at radius 2 is 2.20 bits per heavy atom. The third kappa shape index (κ3) is 3.40. The average Bonchev–Trinajstić information content (AvgIpc) is 1.80. The van der Waals surface area contributed by atoms with Gasteiger partial charge in [-0.1, -0.05) is 6.08 Å². The Hall–Kier alpha value is -0.640. The van der Waals surface area contributed by atoms with Gasteiger partial charge in [-0.15, -0.1) is 0 Å². The molecule has 0 bridgehead atoms. The van der Waals surface area contributed by atoms with Gasteiger partial charge >= 0.3 is 11.4 Å². The van der Waals surface area contributed by atoms with Crippen LogP contribution < -0.4 is 0 Å². The third-order valence-corrected chi connectivity index (χ3v) is 0.697. The second kappa shape index (κ2) is 3.51. The molecule has 10 heavy (non-hydrogen) atoms. The Morgan fingerprint density at radius 3 is 2.50 bits per heavy atom. The summed E-state index contributed by atoms with van der Waals surface area (Å²) >= 11 is 4.28. The molecule has 0 heterocycles. The number of hydrogen-bond acceptors (Lipinski definition) is 2. The van der Waals surface area contributed by atoms with Crippen LogP contribution in [0.15, 0.2) is 12.3 Å². The lowest BCUT2D eigenvalue weighted by Crippen LogP contribution is -2.22. The highest BCUT2D eigenvalue weighted by atomic mass is 35.5. The minimum Gasteiger partial charge on any atom is -0.429 e. The van der Waals surface area contributed by atoms with Gasteiger partial charge in [0.2, 0.25) is 0 Å². The molecule has 0 saturated carbocycles. The van der Waals surface area contributed by atoms with E-state index in [2.05, 4.69) is 16.3 Å². The largest absolute Gasteiger partial charge is 0.429 e. The summed E-state index contributed by atoms with van der Waals surface area (Å²) in [5.74, 6) is -1.77. The lowest BCUT2D eigenvalue weighted by molar-refractivity contribution is -0.154. The highest BCUT2D eigenvalue weighted by Gasteiger charge is 2.37. The molecule has 0 fully saturated rings. The molecular formula is C5H5ClF2O2. The van der Waals surface area contributed by atoms with Crippen molar-refractivity contribution in [2.24, 2.45) is 0 Å². The van der Waals surface area contributed by atoms with E-state index in [4.69, 9.17) is 0 Å². The quantitative estimate of drug-likeness (QED) is 0.359. The van der Waals surface area contributed by atoms with Crippen LogP contribution in [0.4, 0.5) is 8.78 Å². The van der Waals surface area contributed by atoms with Crippen LogP contribution in [-0.2, 0) is 9.53 Å². The molecule has 0 spiro atoms. The fraction of sp³-hybridized carbons (Fsp3) is 0.400. The number of carbonyl (C=O) groups excluding carboxylic acids is 1. The van der Waals surface area contributed by atoms with Gasteiger partial charge in [0, 0.05) is 0 Å². The molecule has 0 aliphatic rings. The standard InChI is InChI=1S/C5H5ClF2O2/c1-2-3-10-4(9)5(6,7)8/h2-3H,1H3. The Labute approximate surface area is 61.4 Å². The molecule has 0 aliphatic heterocycles. The van der Waals surface area contributed by atoms with E-state index in [1.165, 1.54) is 13.0 Å². The maximum atomic E-state index is 11.7. The Morgan fingerprint density at radius 1 is 1.70 bits per heavy atom. The van der Waals surface area contributed by atoms with Crippen molar-refractivity contribution < 1.29 is 18.3 Å². The molecule has 0 aromatic carbocycles. The number of allylic oxidation sites excluding steroid dienone is 1. The average molecular weight is 171 g/mol. The predicted octanol–water partition coefficient (Wildman–Crippen LogP) is 1.89. The van der Waals surface area contributed by atoms with Crippen LogP contribution in [0.1, 0.15) is 6.92 Å². The van der Waals surface area contributed by atoms with Gasteiger partial charge in [0.25, 0.3) is 0 Å². The maximum Gasteiger partial charge on any atom is 0.418 e. The topological polar surface area (TPSA) is 26.3 Å². The summed E-state index contributed by atoms with van der Waals surface area (Å²) in [5, 5.41) is -3.93. The molecule has 2 nitrogen and oxygen atoms in total. The number of halogens is 3. The van der Waals surface area contributed by atoms with Crippen molar-refractivity contribution in [1.82, 2.24) is 0 Å². The number of rotatable bonds is 2. The van der Waals surface area contributed by atoms with Crippen LogP contribution in [0.25, 0.3) is 0 Å². The van der Waals surface area contributed by atoms with E-state index in [9.17, 15) is 13.6 Å². The van der Waals surface area contributed by atoms with Gasteiger partial charge < -0.3 is 4.74 Å². The first kappa shape index (κ1) is 9.36. The molecule has 0 rings (SSSR count). The van der Waals surface area contributed by atoms with E-state index < -0.39 is 11.4 Å². The zero-order chi connectivity index (χ0) is 8.20. The first-order valence-electron chi connectivity index (χ1n) is 2.37. The Bertz CT molecular complexity index is 150. The van der Waals surface area contributed by atoms with Crippen molar-refractivity contribution in [3.63, 3.8) is 0 Å². The predicted molar refractivity (Wildman–Crippen MR) is 31.7 cm³/mol. The SMILES string of the molecule is CC=COC(=O)C(F)(F)Cl. The van der Waals surface area contributed by atoms with E-state index in [1.807, 2.05) is 0 Å². The Kier molecular flexibility index (Phi) is 3.28. The molecule has 0 atom stereocenters. The van der Waals surface area contributed by atoms with Gasteiger partial charge in [0.15, 0.2) is 0 Å². The Balaban J connectivity index is 3.86. The van der Waals surface area contributed by atoms with Crippen LogP contribution in [0.5, 0.6) is 0 Å². The zero-order valence-electron chi connectivity index (χ0n) is 5.11. The van der Waals surface area contributed by atoms with Crippen molar-refractivity contribution in [2.45, 2.75) is 12.3 Å². The molecule has 5 heteroatoms. The summed E-state index contributed by atoms with van der Waals surface area (Å²) in [4.78, 5) is 10.1. The van der Waals surface area contributed by atoms with Crippen LogP contribution in [0, 0.1) is 0 Å². The molecule has 0 aliphatic carbocycles. The van der Waals surface area contributed by atoms with E-state index in [0.29, 0.717) is 0 Å². The second-order valence-electron chi connectivity index (χ2n) is 1.37. The highest BCUT2D eigenvalue weighted by Crippen LogP contribution is 2.20. The molecule has 0 aromatic heterocycles. The summed E-state index contributed by atoms with van der Waals surface area (Å²) in [6.45, 7) is 1.51. The van der Waals surface area contributed by atoms with Crippen molar-refractivity contribution >= 4 is 17.6 Å². The number of hydrogen-bond donors (Lipinski definition) is 0. The van der Waals surface area contributed by atoms with Gasteiger partial charge in [-0.05, 0) is 18.5 Å². The smallest absolute Gasteiger partial charge is 0.418 e. The van der Waals surface area contributed by atoms with Crippen molar-refractivity contribution in [2.75, 3.05) is 0 Å². The molecule has 0 aromatic rings. The van der Waals surface area contributed by atoms with E-state index in [1.54, 1.807) is 0 Å². The molecular weight excluding hydrogens is 166 g/mol. The van der Waals surface area contributed by atoms with E-state index in [0.717, 1.165) is 6.26 Å². The van der Waals surface area contributed by atoms with Gasteiger partial charge in [-0.3, -0.25) is 0 Å². The third-order valence-electron chi connectivity index (χ3n) is 0.543. The number of ether oxygens (including phenoxy) is 1. The van der Waals surface area contributed by atoms with Crippen molar-refractivity contribution in [3.05, 3.63) is 12.3 Å². The van der Waals surface area contributed by atoms with Gasteiger partial charge in [0.05, 0.1) is 6.26 Å². The molecule has 0 N–H and O–H groups in total. The monoisotopic (exact) mass is 170 g/mol. The van der Waals surface area contributed by atoms with Gasteiger partial charge in [-0.2, -0.15) is 8.78 Å². The van der Waals surface area contributed by atoms with E-state index >= 15 is 0 Å². The minimum absolute atomic E-state index is 0.832. The first-order valence-corrected chi connectivity index (χ1v) is 2.75. The lowest BCUT2D eigenvalue weighted by Gasteiger charge is -2.02. The molecule has 0 saturated heterocycles. The summed E-state index contributed by atoms with van der Waals surface area (Å²) in [6.07, 6.45) is 2.12. The normalized spacial score (nSPS) is 12.0. The second-order valence-corrected chi connectivity index (χ2v) is 1.85. The van der Waals surface area contributed by atoms with Crippen LogP contribution in [0.3, 0.4) is 0 Å². The van der Waals surface area contributed by atoms with Crippen LogP contribution >= 0.6 is 11.6 Å². The van der Waals surface area contributed by atoms with Crippen LogP contribution in [-0.4, -0.2) is 11.4 Å². The van der Waals surface area contributed by atoms with Crippen molar-refractivity contribution in [1.29, 1.82) is 0 Å².